The van der Waals surface area contributed by atoms with Gasteiger partial charge in [-0.2, -0.15) is 0 Å². The van der Waals surface area contributed by atoms with Gasteiger partial charge in [-0.1, -0.05) is 0 Å². The van der Waals surface area contributed by atoms with E-state index in [0.29, 0.717) is 11.2 Å². The summed E-state index contributed by atoms with van der Waals surface area (Å²) in [5.41, 5.74) is 2.66. The monoisotopic (exact) mass is 175 g/mol. The minimum atomic E-state index is 0.526. The van der Waals surface area contributed by atoms with Crippen molar-refractivity contribution in [3.05, 3.63) is 0 Å². The van der Waals surface area contributed by atoms with Crippen LogP contribution in [0.5, 0.6) is 0 Å². The Balaban J connectivity index is 2.19. The number of quaternary nitrogens is 1. The molecule has 11 heavy (non-hydrogen) atoms. The summed E-state index contributed by atoms with van der Waals surface area (Å²) in [6, 6.07) is 0.526. The summed E-state index contributed by atoms with van der Waals surface area (Å²) in [6.45, 7) is 2.16. The average Bonchev–Trinajstić information content (AvgIpc) is 2.06. The number of piperidine rings is 1. The summed E-state index contributed by atoms with van der Waals surface area (Å²) in [4.78, 5) is 0. The molecule has 64 valence electrons. The van der Waals surface area contributed by atoms with Crippen LogP contribution in [0.4, 0.5) is 0 Å². The van der Waals surface area contributed by atoms with Gasteiger partial charge in [-0.25, -0.2) is 5.43 Å². The molecule has 1 saturated heterocycles. The summed E-state index contributed by atoms with van der Waals surface area (Å²) < 4.78 is 0. The van der Waals surface area contributed by atoms with Crippen molar-refractivity contribution in [1.29, 1.82) is 0 Å². The summed E-state index contributed by atoms with van der Waals surface area (Å²) >= 11 is 4.93. The van der Waals surface area contributed by atoms with Crippen molar-refractivity contribution in [2.24, 2.45) is 0 Å². The lowest BCUT2D eigenvalue weighted by atomic mass is 10.1. The molecular formula is C6H15N4S+. The molecular weight excluding hydrogens is 160 g/mol. The van der Waals surface area contributed by atoms with Gasteiger partial charge in [0.15, 0.2) is 0 Å². The fourth-order valence-electron chi connectivity index (χ4n) is 1.20. The van der Waals surface area contributed by atoms with Crippen LogP contribution in [0.3, 0.4) is 0 Å². The Labute approximate surface area is 71.9 Å². The summed E-state index contributed by atoms with van der Waals surface area (Å²) in [6.07, 6.45) is 2.28. The van der Waals surface area contributed by atoms with Crippen molar-refractivity contribution in [1.82, 2.24) is 16.1 Å². The minimum Gasteiger partial charge on any atom is -0.356 e. The van der Waals surface area contributed by atoms with Crippen molar-refractivity contribution in [3.8, 4) is 0 Å². The molecule has 0 aromatic heterocycles. The SMILES string of the molecule is [NH3+]NC(=S)NC1CCNCC1. The molecule has 0 atom stereocenters. The van der Waals surface area contributed by atoms with Crippen LogP contribution in [0.2, 0.25) is 0 Å². The molecule has 0 amide bonds. The van der Waals surface area contributed by atoms with Gasteiger partial charge in [-0.3, -0.25) is 5.84 Å². The van der Waals surface area contributed by atoms with E-state index in [0.717, 1.165) is 25.9 Å². The van der Waals surface area contributed by atoms with Crippen LogP contribution in [0.15, 0.2) is 0 Å². The second-order valence-electron chi connectivity index (χ2n) is 2.67. The first-order valence-corrected chi connectivity index (χ1v) is 4.28. The average molecular weight is 175 g/mol. The Kier molecular flexibility index (Phi) is 3.55. The molecule has 1 rings (SSSR count). The zero-order chi connectivity index (χ0) is 8.10. The molecule has 1 aliphatic rings. The van der Waals surface area contributed by atoms with Gasteiger partial charge < -0.3 is 10.6 Å². The van der Waals surface area contributed by atoms with Gasteiger partial charge in [-0.15, -0.1) is 0 Å². The zero-order valence-electron chi connectivity index (χ0n) is 6.52. The summed E-state index contributed by atoms with van der Waals surface area (Å²) in [5, 5.41) is 7.12. The van der Waals surface area contributed by atoms with Gasteiger partial charge in [0.2, 0.25) is 5.11 Å². The van der Waals surface area contributed by atoms with E-state index in [2.05, 4.69) is 21.9 Å². The predicted octanol–water partition coefficient (Wildman–Crippen LogP) is -1.64. The Hall–Kier alpha value is -0.390. The lowest BCUT2D eigenvalue weighted by Gasteiger charge is -2.23. The molecule has 1 heterocycles. The van der Waals surface area contributed by atoms with E-state index in [9.17, 15) is 0 Å². The summed E-state index contributed by atoms with van der Waals surface area (Å²) in [5.74, 6) is 3.48. The highest BCUT2D eigenvalue weighted by molar-refractivity contribution is 7.80. The molecule has 5 heteroatoms. The fraction of sp³-hybridized carbons (Fsp3) is 0.833. The van der Waals surface area contributed by atoms with Gasteiger partial charge in [0.25, 0.3) is 0 Å². The van der Waals surface area contributed by atoms with Crippen LogP contribution in [0, 0.1) is 0 Å². The highest BCUT2D eigenvalue weighted by Gasteiger charge is 2.12. The lowest BCUT2D eigenvalue weighted by molar-refractivity contribution is -0.419. The van der Waals surface area contributed by atoms with E-state index < -0.39 is 0 Å². The van der Waals surface area contributed by atoms with Gasteiger partial charge in [0, 0.05) is 6.04 Å². The lowest BCUT2D eigenvalue weighted by Crippen LogP contribution is -2.70. The third-order valence-corrected chi connectivity index (χ3v) is 2.10. The Morgan fingerprint density at radius 3 is 2.64 bits per heavy atom. The Bertz CT molecular complexity index is 133. The molecule has 0 aliphatic carbocycles. The van der Waals surface area contributed by atoms with Gasteiger partial charge in [-0.05, 0) is 38.1 Å². The first-order valence-electron chi connectivity index (χ1n) is 3.87. The van der Waals surface area contributed by atoms with E-state index >= 15 is 0 Å². The molecule has 1 fully saturated rings. The van der Waals surface area contributed by atoms with E-state index in [1.807, 2.05) is 0 Å². The highest BCUT2D eigenvalue weighted by atomic mass is 32.1. The normalized spacial score (nSPS) is 19.4. The number of rotatable bonds is 1. The van der Waals surface area contributed by atoms with E-state index in [-0.39, 0.29) is 0 Å². The Morgan fingerprint density at radius 1 is 1.45 bits per heavy atom. The molecule has 1 aliphatic heterocycles. The number of thiocarbonyl (C=S) groups is 1. The molecule has 6 N–H and O–H groups in total. The maximum absolute atomic E-state index is 4.93. The van der Waals surface area contributed by atoms with Crippen molar-refractivity contribution in [2.45, 2.75) is 18.9 Å². The van der Waals surface area contributed by atoms with Crippen LogP contribution in [-0.4, -0.2) is 24.2 Å². The summed E-state index contributed by atoms with van der Waals surface area (Å²) in [7, 11) is 0. The fourth-order valence-corrected chi connectivity index (χ4v) is 1.37. The van der Waals surface area contributed by atoms with Gasteiger partial charge in [0.05, 0.1) is 0 Å². The van der Waals surface area contributed by atoms with E-state index in [4.69, 9.17) is 12.2 Å². The Morgan fingerprint density at radius 2 is 2.09 bits per heavy atom. The zero-order valence-corrected chi connectivity index (χ0v) is 7.34. The predicted molar refractivity (Wildman–Crippen MR) is 47.6 cm³/mol. The van der Waals surface area contributed by atoms with Crippen LogP contribution >= 0.6 is 12.2 Å². The van der Waals surface area contributed by atoms with Crippen molar-refractivity contribution < 1.29 is 5.84 Å². The maximum atomic E-state index is 4.93. The van der Waals surface area contributed by atoms with Crippen molar-refractivity contribution >= 4 is 17.3 Å². The van der Waals surface area contributed by atoms with Gasteiger partial charge >= 0.3 is 0 Å². The number of hydrogen-bond donors (Lipinski definition) is 4. The van der Waals surface area contributed by atoms with Crippen molar-refractivity contribution in [2.75, 3.05) is 13.1 Å². The molecule has 0 radical (unpaired) electrons. The quantitative estimate of drug-likeness (QED) is 0.285. The molecule has 0 spiro atoms. The molecule has 0 saturated carbocycles. The molecule has 0 aromatic rings. The van der Waals surface area contributed by atoms with Crippen LogP contribution in [0.25, 0.3) is 0 Å². The second kappa shape index (κ2) is 4.48. The molecule has 0 unspecified atom stereocenters. The number of hydrogen-bond acceptors (Lipinski definition) is 2. The van der Waals surface area contributed by atoms with Crippen LogP contribution in [-0.2, 0) is 0 Å². The van der Waals surface area contributed by atoms with E-state index in [1.54, 1.807) is 0 Å². The first kappa shape index (κ1) is 8.70. The van der Waals surface area contributed by atoms with Crippen LogP contribution < -0.4 is 21.9 Å². The first-order chi connectivity index (χ1) is 5.33. The molecule has 4 nitrogen and oxygen atoms in total. The van der Waals surface area contributed by atoms with E-state index in [1.165, 1.54) is 0 Å². The third kappa shape index (κ3) is 3.00. The maximum Gasteiger partial charge on any atom is 0.213 e. The standard InChI is InChI=1S/C6H14N4S/c7-10-6(11)9-5-1-3-8-4-2-5/h5,8H,1-4,7H2,(H2,9,10,11)/p+1. The van der Waals surface area contributed by atoms with Crippen molar-refractivity contribution in [3.63, 3.8) is 0 Å². The smallest absolute Gasteiger partial charge is 0.213 e. The minimum absolute atomic E-state index is 0.526. The topological polar surface area (TPSA) is 63.7 Å². The van der Waals surface area contributed by atoms with Crippen LogP contribution in [0.1, 0.15) is 12.8 Å². The second-order valence-corrected chi connectivity index (χ2v) is 3.08. The van der Waals surface area contributed by atoms with Gasteiger partial charge in [0.1, 0.15) is 0 Å². The molecule has 0 aromatic carbocycles. The highest BCUT2D eigenvalue weighted by Crippen LogP contribution is 2.00. The number of nitrogens with one attached hydrogen (secondary N) is 3. The third-order valence-electron chi connectivity index (χ3n) is 1.83. The molecule has 0 bridgehead atoms. The largest absolute Gasteiger partial charge is 0.356 e.